The molecule has 1 fully saturated rings. The number of fused-ring (bicyclic) bond motifs is 1. The molecule has 0 aliphatic carbocycles. The van der Waals surface area contributed by atoms with Gasteiger partial charge in [0.2, 0.25) is 5.91 Å². The van der Waals surface area contributed by atoms with Crippen LogP contribution in [0.1, 0.15) is 36.4 Å². The zero-order valence-electron chi connectivity index (χ0n) is 15.4. The number of carbonyl (C=O) groups excluding carboxylic acids is 1. The molecule has 0 unspecified atom stereocenters. The number of nitrogens with one attached hydrogen (secondary N) is 1. The maximum Gasteiger partial charge on any atom is 0.242 e. The molecular formula is C21H25N3O3. The van der Waals surface area contributed by atoms with Gasteiger partial charge in [0, 0.05) is 25.4 Å². The summed E-state index contributed by atoms with van der Waals surface area (Å²) in [5.41, 5.74) is 1.94. The highest BCUT2D eigenvalue weighted by Gasteiger charge is 2.29. The van der Waals surface area contributed by atoms with Gasteiger partial charge in [0.1, 0.15) is 6.04 Å². The predicted octanol–water partition coefficient (Wildman–Crippen LogP) is 2.70. The molecule has 6 heteroatoms. The van der Waals surface area contributed by atoms with Gasteiger partial charge in [-0.05, 0) is 55.3 Å². The summed E-state index contributed by atoms with van der Waals surface area (Å²) in [6.07, 6.45) is 6.66. The van der Waals surface area contributed by atoms with Crippen LogP contribution in [0.25, 0.3) is 0 Å². The van der Waals surface area contributed by atoms with Crippen molar-refractivity contribution >= 4 is 5.91 Å². The predicted molar refractivity (Wildman–Crippen MR) is 102 cm³/mol. The number of pyridine rings is 1. The van der Waals surface area contributed by atoms with E-state index in [0.29, 0.717) is 19.8 Å². The largest absolute Gasteiger partial charge is 0.490 e. The minimum atomic E-state index is -0.290. The fourth-order valence-electron chi connectivity index (χ4n) is 3.67. The van der Waals surface area contributed by atoms with Gasteiger partial charge >= 0.3 is 0 Å². The lowest BCUT2D eigenvalue weighted by molar-refractivity contribution is -0.126. The fourth-order valence-corrected chi connectivity index (χ4v) is 3.67. The molecule has 2 aliphatic heterocycles. The van der Waals surface area contributed by atoms with E-state index in [1.807, 2.05) is 30.3 Å². The first kappa shape index (κ1) is 17.8. The van der Waals surface area contributed by atoms with E-state index in [9.17, 15) is 4.79 Å². The second-order valence-electron chi connectivity index (χ2n) is 6.98. The monoisotopic (exact) mass is 367 g/mol. The summed E-state index contributed by atoms with van der Waals surface area (Å²) >= 11 is 0. The third kappa shape index (κ3) is 4.22. The van der Waals surface area contributed by atoms with Gasteiger partial charge in [-0.25, -0.2) is 0 Å². The average molecular weight is 367 g/mol. The molecule has 0 bridgehead atoms. The minimum Gasteiger partial charge on any atom is -0.490 e. The number of carbonyl (C=O) groups is 1. The van der Waals surface area contributed by atoms with Crippen LogP contribution < -0.4 is 14.8 Å². The molecule has 2 aromatic rings. The number of amides is 1. The van der Waals surface area contributed by atoms with Crippen molar-refractivity contribution < 1.29 is 14.3 Å². The Balaban J connectivity index is 1.46. The molecule has 0 spiro atoms. The standard InChI is InChI=1S/C21H25N3O3/c25-21(20(24-9-1-2-10-24)17-5-3-8-22-15-17)23-14-16-6-7-18-19(13-16)27-12-4-11-26-18/h3,5-8,13,15,20H,1-2,4,9-12,14H2,(H,23,25)/t20-/m0/s1. The van der Waals surface area contributed by atoms with Gasteiger partial charge in [0.25, 0.3) is 0 Å². The number of hydrogen-bond acceptors (Lipinski definition) is 5. The van der Waals surface area contributed by atoms with E-state index in [0.717, 1.165) is 55.0 Å². The van der Waals surface area contributed by atoms with Crippen molar-refractivity contribution in [3.63, 3.8) is 0 Å². The Morgan fingerprint density at radius 3 is 2.70 bits per heavy atom. The fraction of sp³-hybridized carbons (Fsp3) is 0.429. The van der Waals surface area contributed by atoms with Crippen LogP contribution in [-0.2, 0) is 11.3 Å². The van der Waals surface area contributed by atoms with E-state index in [4.69, 9.17) is 9.47 Å². The lowest BCUT2D eigenvalue weighted by Gasteiger charge is -2.26. The van der Waals surface area contributed by atoms with Gasteiger partial charge in [-0.1, -0.05) is 12.1 Å². The van der Waals surface area contributed by atoms with Crippen LogP contribution in [-0.4, -0.2) is 42.1 Å². The Morgan fingerprint density at radius 1 is 1.11 bits per heavy atom. The summed E-state index contributed by atoms with van der Waals surface area (Å²) in [6.45, 7) is 3.67. The van der Waals surface area contributed by atoms with Crippen molar-refractivity contribution in [2.45, 2.75) is 31.8 Å². The van der Waals surface area contributed by atoms with E-state index in [2.05, 4.69) is 15.2 Å². The Labute approximate surface area is 159 Å². The highest BCUT2D eigenvalue weighted by molar-refractivity contribution is 5.83. The molecule has 1 aromatic carbocycles. The molecule has 27 heavy (non-hydrogen) atoms. The third-order valence-corrected chi connectivity index (χ3v) is 5.03. The Bertz CT molecular complexity index is 775. The number of likely N-dealkylation sites (tertiary alicyclic amines) is 1. The van der Waals surface area contributed by atoms with Crippen molar-refractivity contribution in [3.8, 4) is 11.5 Å². The van der Waals surface area contributed by atoms with Crippen LogP contribution in [0.2, 0.25) is 0 Å². The quantitative estimate of drug-likeness (QED) is 0.880. The number of hydrogen-bond donors (Lipinski definition) is 1. The molecule has 3 heterocycles. The van der Waals surface area contributed by atoms with Crippen LogP contribution in [0.4, 0.5) is 0 Å². The van der Waals surface area contributed by atoms with Gasteiger partial charge < -0.3 is 14.8 Å². The number of benzene rings is 1. The first-order valence-electron chi connectivity index (χ1n) is 9.61. The second kappa shape index (κ2) is 8.39. The SMILES string of the molecule is O=C(NCc1ccc2c(c1)OCCCO2)[C@H](c1cccnc1)N1CCCC1. The molecule has 1 atom stereocenters. The summed E-state index contributed by atoms with van der Waals surface area (Å²) in [6, 6.07) is 9.42. The first-order chi connectivity index (χ1) is 13.3. The lowest BCUT2D eigenvalue weighted by atomic mass is 10.1. The van der Waals surface area contributed by atoms with Crippen molar-refractivity contribution in [3.05, 3.63) is 53.9 Å². The molecular weight excluding hydrogens is 342 g/mol. The minimum absolute atomic E-state index is 0.0111. The summed E-state index contributed by atoms with van der Waals surface area (Å²) in [4.78, 5) is 19.4. The van der Waals surface area contributed by atoms with Gasteiger partial charge in [-0.3, -0.25) is 14.7 Å². The van der Waals surface area contributed by atoms with Gasteiger partial charge in [0.05, 0.1) is 13.2 Å². The summed E-state index contributed by atoms with van der Waals surface area (Å²) < 4.78 is 11.4. The van der Waals surface area contributed by atoms with E-state index < -0.39 is 0 Å². The third-order valence-electron chi connectivity index (χ3n) is 5.03. The maximum atomic E-state index is 13.0. The first-order valence-corrected chi connectivity index (χ1v) is 9.61. The molecule has 1 amide bonds. The Morgan fingerprint density at radius 2 is 1.93 bits per heavy atom. The topological polar surface area (TPSA) is 63.7 Å². The zero-order valence-corrected chi connectivity index (χ0v) is 15.4. The van der Waals surface area contributed by atoms with Gasteiger partial charge in [-0.15, -0.1) is 0 Å². The second-order valence-corrected chi connectivity index (χ2v) is 6.98. The summed E-state index contributed by atoms with van der Waals surface area (Å²) in [5, 5.41) is 3.09. The van der Waals surface area contributed by atoms with E-state index in [1.54, 1.807) is 12.4 Å². The number of nitrogens with zero attached hydrogens (tertiary/aromatic N) is 2. The molecule has 2 aliphatic rings. The molecule has 0 radical (unpaired) electrons. The van der Waals surface area contributed by atoms with E-state index in [-0.39, 0.29) is 11.9 Å². The molecule has 142 valence electrons. The van der Waals surface area contributed by atoms with Crippen LogP contribution in [0.5, 0.6) is 11.5 Å². The molecule has 1 saturated heterocycles. The Hall–Kier alpha value is -2.60. The average Bonchev–Trinajstić information content (AvgIpc) is 3.12. The Kier molecular flexibility index (Phi) is 5.53. The lowest BCUT2D eigenvalue weighted by Crippen LogP contribution is -2.39. The molecule has 4 rings (SSSR count). The zero-order chi connectivity index (χ0) is 18.5. The van der Waals surface area contributed by atoms with Crippen LogP contribution >= 0.6 is 0 Å². The highest BCUT2D eigenvalue weighted by atomic mass is 16.5. The number of aromatic nitrogens is 1. The van der Waals surface area contributed by atoms with E-state index >= 15 is 0 Å². The number of rotatable bonds is 5. The van der Waals surface area contributed by atoms with Gasteiger partial charge in [-0.2, -0.15) is 0 Å². The van der Waals surface area contributed by atoms with Crippen LogP contribution in [0.15, 0.2) is 42.7 Å². The maximum absolute atomic E-state index is 13.0. The molecule has 0 saturated carbocycles. The van der Waals surface area contributed by atoms with Crippen molar-refractivity contribution in [2.24, 2.45) is 0 Å². The smallest absolute Gasteiger partial charge is 0.242 e. The van der Waals surface area contributed by atoms with Crippen LogP contribution in [0.3, 0.4) is 0 Å². The normalized spacial score (nSPS) is 17.9. The van der Waals surface area contributed by atoms with Gasteiger partial charge in [0.15, 0.2) is 11.5 Å². The summed E-state index contributed by atoms with van der Waals surface area (Å²) in [7, 11) is 0. The van der Waals surface area contributed by atoms with Crippen molar-refractivity contribution in [1.29, 1.82) is 0 Å². The molecule has 1 N–H and O–H groups in total. The number of ether oxygens (including phenoxy) is 2. The van der Waals surface area contributed by atoms with Crippen molar-refractivity contribution in [2.75, 3.05) is 26.3 Å². The highest BCUT2D eigenvalue weighted by Crippen LogP contribution is 2.30. The van der Waals surface area contributed by atoms with Crippen molar-refractivity contribution in [1.82, 2.24) is 15.2 Å². The van der Waals surface area contributed by atoms with E-state index in [1.165, 1.54) is 0 Å². The summed E-state index contributed by atoms with van der Waals surface area (Å²) in [5.74, 6) is 1.53. The van der Waals surface area contributed by atoms with Crippen LogP contribution in [0, 0.1) is 0 Å². The molecule has 1 aromatic heterocycles. The molecule has 6 nitrogen and oxygen atoms in total.